The van der Waals surface area contributed by atoms with E-state index in [1.54, 1.807) is 0 Å². The maximum Gasteiger partial charge on any atom is 0.312 e. The zero-order valence-corrected chi connectivity index (χ0v) is 11.3. The van der Waals surface area contributed by atoms with Crippen LogP contribution in [0.4, 0.5) is 11.5 Å². The SMILES string of the molecule is O=[N+]([O-])c1cc(Br)cnc1NC1CCCCC1O. The summed E-state index contributed by atoms with van der Waals surface area (Å²) < 4.78 is 0.559. The average molecular weight is 316 g/mol. The zero-order chi connectivity index (χ0) is 13.1. The molecule has 0 radical (unpaired) electrons. The van der Waals surface area contributed by atoms with E-state index in [2.05, 4.69) is 26.2 Å². The fourth-order valence-corrected chi connectivity index (χ4v) is 2.45. The Morgan fingerprint density at radius 1 is 1.50 bits per heavy atom. The number of nitrogens with one attached hydrogen (secondary N) is 1. The van der Waals surface area contributed by atoms with Crippen LogP contribution in [-0.2, 0) is 0 Å². The van der Waals surface area contributed by atoms with Gasteiger partial charge in [0.1, 0.15) is 0 Å². The first-order valence-corrected chi connectivity index (χ1v) is 6.62. The van der Waals surface area contributed by atoms with Crippen molar-refractivity contribution in [3.63, 3.8) is 0 Å². The topological polar surface area (TPSA) is 88.3 Å². The molecule has 1 fully saturated rings. The van der Waals surface area contributed by atoms with Crippen LogP contribution in [0.25, 0.3) is 0 Å². The standard InChI is InChI=1S/C11H14BrN3O3/c12-7-5-9(15(17)18)11(13-6-7)14-8-3-1-2-4-10(8)16/h5-6,8,10,16H,1-4H2,(H,13,14). The summed E-state index contributed by atoms with van der Waals surface area (Å²) in [4.78, 5) is 14.5. The van der Waals surface area contributed by atoms with Gasteiger partial charge in [-0.25, -0.2) is 4.98 Å². The molecule has 0 amide bonds. The van der Waals surface area contributed by atoms with E-state index in [9.17, 15) is 15.2 Å². The van der Waals surface area contributed by atoms with Gasteiger partial charge in [0.15, 0.2) is 0 Å². The monoisotopic (exact) mass is 315 g/mol. The molecule has 0 aliphatic heterocycles. The number of anilines is 1. The number of rotatable bonds is 3. The molecule has 1 aliphatic rings. The van der Waals surface area contributed by atoms with Crippen LogP contribution >= 0.6 is 15.9 Å². The minimum Gasteiger partial charge on any atom is -0.391 e. The minimum atomic E-state index is -0.477. The summed E-state index contributed by atoms with van der Waals surface area (Å²) in [7, 11) is 0. The number of aromatic nitrogens is 1. The summed E-state index contributed by atoms with van der Waals surface area (Å²) in [6.07, 6.45) is 4.57. The largest absolute Gasteiger partial charge is 0.391 e. The van der Waals surface area contributed by atoms with E-state index in [4.69, 9.17) is 0 Å². The van der Waals surface area contributed by atoms with Crippen molar-refractivity contribution < 1.29 is 10.0 Å². The first-order chi connectivity index (χ1) is 8.58. The van der Waals surface area contributed by atoms with E-state index in [1.165, 1.54) is 12.3 Å². The summed E-state index contributed by atoms with van der Waals surface area (Å²) in [5.41, 5.74) is -0.0813. The van der Waals surface area contributed by atoms with Crippen LogP contribution in [0, 0.1) is 10.1 Å². The number of aliphatic hydroxyl groups excluding tert-OH is 1. The van der Waals surface area contributed by atoms with Crippen molar-refractivity contribution in [2.24, 2.45) is 0 Å². The van der Waals surface area contributed by atoms with Gasteiger partial charge in [-0.1, -0.05) is 12.8 Å². The van der Waals surface area contributed by atoms with Crippen LogP contribution in [0.1, 0.15) is 25.7 Å². The molecule has 2 N–H and O–H groups in total. The minimum absolute atomic E-state index is 0.0813. The highest BCUT2D eigenvalue weighted by Gasteiger charge is 2.26. The number of pyridine rings is 1. The molecule has 2 atom stereocenters. The van der Waals surface area contributed by atoms with Gasteiger partial charge in [0.2, 0.25) is 5.82 Å². The molecular weight excluding hydrogens is 302 g/mol. The Balaban J connectivity index is 2.20. The van der Waals surface area contributed by atoms with Crippen molar-refractivity contribution in [1.82, 2.24) is 4.98 Å². The summed E-state index contributed by atoms with van der Waals surface area (Å²) in [6.45, 7) is 0. The highest BCUT2D eigenvalue weighted by molar-refractivity contribution is 9.10. The third-order valence-electron chi connectivity index (χ3n) is 3.08. The number of halogens is 1. The fraction of sp³-hybridized carbons (Fsp3) is 0.545. The summed E-state index contributed by atoms with van der Waals surface area (Å²) in [5.74, 6) is 0.217. The van der Waals surface area contributed by atoms with E-state index >= 15 is 0 Å². The van der Waals surface area contributed by atoms with Gasteiger partial charge < -0.3 is 10.4 Å². The number of nitrogens with zero attached hydrogens (tertiary/aromatic N) is 2. The van der Waals surface area contributed by atoms with Crippen molar-refractivity contribution in [2.45, 2.75) is 37.8 Å². The molecule has 1 heterocycles. The lowest BCUT2D eigenvalue weighted by atomic mass is 9.92. The molecule has 7 heteroatoms. The predicted molar refractivity (Wildman–Crippen MR) is 70.5 cm³/mol. The van der Waals surface area contributed by atoms with Gasteiger partial charge in [-0.05, 0) is 28.8 Å². The van der Waals surface area contributed by atoms with E-state index in [1.807, 2.05) is 0 Å². The molecule has 6 nitrogen and oxygen atoms in total. The summed E-state index contributed by atoms with van der Waals surface area (Å²) >= 11 is 3.16. The van der Waals surface area contributed by atoms with Crippen LogP contribution in [0.5, 0.6) is 0 Å². The van der Waals surface area contributed by atoms with Gasteiger partial charge in [0, 0.05) is 16.7 Å². The molecule has 0 aromatic carbocycles. The van der Waals surface area contributed by atoms with Gasteiger partial charge in [-0.3, -0.25) is 10.1 Å². The van der Waals surface area contributed by atoms with Crippen molar-refractivity contribution >= 4 is 27.4 Å². The lowest BCUT2D eigenvalue weighted by Gasteiger charge is -2.28. The van der Waals surface area contributed by atoms with Gasteiger partial charge in [0.05, 0.1) is 17.1 Å². The van der Waals surface area contributed by atoms with Gasteiger partial charge >= 0.3 is 5.69 Å². The number of hydrogen-bond donors (Lipinski definition) is 2. The van der Waals surface area contributed by atoms with Crippen LogP contribution in [0.3, 0.4) is 0 Å². The van der Waals surface area contributed by atoms with Crippen molar-refractivity contribution in [3.05, 3.63) is 26.9 Å². The van der Waals surface area contributed by atoms with Crippen LogP contribution in [-0.4, -0.2) is 27.2 Å². The maximum atomic E-state index is 10.9. The lowest BCUT2D eigenvalue weighted by molar-refractivity contribution is -0.384. The highest BCUT2D eigenvalue weighted by Crippen LogP contribution is 2.28. The highest BCUT2D eigenvalue weighted by atomic mass is 79.9. The van der Waals surface area contributed by atoms with Crippen LogP contribution in [0.2, 0.25) is 0 Å². The van der Waals surface area contributed by atoms with Gasteiger partial charge in [-0.2, -0.15) is 0 Å². The predicted octanol–water partition coefficient (Wildman–Crippen LogP) is 2.47. The molecule has 2 rings (SSSR count). The first kappa shape index (κ1) is 13.2. The number of hydrogen-bond acceptors (Lipinski definition) is 5. The Morgan fingerprint density at radius 3 is 2.89 bits per heavy atom. The molecule has 1 aromatic heterocycles. The Labute approximate surface area is 113 Å². The number of aliphatic hydroxyl groups is 1. The molecule has 2 unspecified atom stereocenters. The molecule has 1 saturated carbocycles. The lowest BCUT2D eigenvalue weighted by Crippen LogP contribution is -2.36. The van der Waals surface area contributed by atoms with E-state index in [0.717, 1.165) is 25.7 Å². The number of nitro groups is 1. The van der Waals surface area contributed by atoms with Crippen molar-refractivity contribution in [1.29, 1.82) is 0 Å². The molecular formula is C11H14BrN3O3. The van der Waals surface area contributed by atoms with Crippen LogP contribution in [0.15, 0.2) is 16.7 Å². The Kier molecular flexibility index (Phi) is 4.13. The van der Waals surface area contributed by atoms with Gasteiger partial charge in [-0.15, -0.1) is 0 Å². The average Bonchev–Trinajstić information content (AvgIpc) is 2.34. The second-order valence-electron chi connectivity index (χ2n) is 4.38. The third-order valence-corrected chi connectivity index (χ3v) is 3.52. The fourth-order valence-electron chi connectivity index (χ4n) is 2.13. The smallest absolute Gasteiger partial charge is 0.312 e. The molecule has 0 spiro atoms. The van der Waals surface area contributed by atoms with Gasteiger partial charge in [0.25, 0.3) is 0 Å². The summed E-state index contributed by atoms with van der Waals surface area (Å²) in [6, 6.07) is 1.25. The second-order valence-corrected chi connectivity index (χ2v) is 5.30. The normalized spacial score (nSPS) is 23.7. The quantitative estimate of drug-likeness (QED) is 0.660. The van der Waals surface area contributed by atoms with Crippen molar-refractivity contribution in [3.8, 4) is 0 Å². The second kappa shape index (κ2) is 5.62. The zero-order valence-electron chi connectivity index (χ0n) is 9.67. The maximum absolute atomic E-state index is 10.9. The Bertz CT molecular complexity index is 455. The Morgan fingerprint density at radius 2 is 2.22 bits per heavy atom. The van der Waals surface area contributed by atoms with E-state index in [-0.39, 0.29) is 17.5 Å². The molecule has 0 saturated heterocycles. The third kappa shape index (κ3) is 2.97. The summed E-state index contributed by atoms with van der Waals surface area (Å²) in [5, 5.41) is 23.8. The molecule has 1 aromatic rings. The Hall–Kier alpha value is -1.21. The van der Waals surface area contributed by atoms with Crippen molar-refractivity contribution in [2.75, 3.05) is 5.32 Å². The molecule has 1 aliphatic carbocycles. The molecule has 0 bridgehead atoms. The van der Waals surface area contributed by atoms with E-state index in [0.29, 0.717) is 4.47 Å². The molecule has 18 heavy (non-hydrogen) atoms. The first-order valence-electron chi connectivity index (χ1n) is 5.82. The van der Waals surface area contributed by atoms with Crippen LogP contribution < -0.4 is 5.32 Å². The van der Waals surface area contributed by atoms with E-state index < -0.39 is 11.0 Å². The molecule has 98 valence electrons.